The molecule has 1 aromatic rings. The molecule has 0 unspecified atom stereocenters. The lowest BCUT2D eigenvalue weighted by atomic mass is 9.93. The lowest BCUT2D eigenvalue weighted by Crippen LogP contribution is -2.38. The molecule has 2 atom stereocenters. The van der Waals surface area contributed by atoms with Gasteiger partial charge in [-0.15, -0.1) is 0 Å². The topological polar surface area (TPSA) is 89.5 Å². The Morgan fingerprint density at radius 2 is 2.21 bits per heavy atom. The third-order valence-corrected chi connectivity index (χ3v) is 6.69. The minimum Gasteiger partial charge on any atom is -0.497 e. The van der Waals surface area contributed by atoms with Crippen molar-refractivity contribution in [3.05, 3.63) is 52.2 Å². The summed E-state index contributed by atoms with van der Waals surface area (Å²) >= 11 is 1.45. The molecule has 1 fully saturated rings. The molecule has 1 N–H and O–H groups in total. The number of amidine groups is 1. The highest BCUT2D eigenvalue weighted by atomic mass is 32.2. The molecule has 3 aliphatic heterocycles. The largest absolute Gasteiger partial charge is 0.497 e. The number of esters is 1. The zero-order valence-electron chi connectivity index (χ0n) is 19.1. The van der Waals surface area contributed by atoms with Gasteiger partial charge in [0, 0.05) is 18.8 Å². The summed E-state index contributed by atoms with van der Waals surface area (Å²) in [6, 6.07) is 7.12. The fraction of sp³-hybridized carbons (Fsp3) is 0.458. The van der Waals surface area contributed by atoms with Crippen LogP contribution in [0.15, 0.2) is 51.6 Å². The van der Waals surface area contributed by atoms with E-state index in [0.29, 0.717) is 23.6 Å². The molecule has 3 heterocycles. The Morgan fingerprint density at radius 3 is 2.94 bits per heavy atom. The van der Waals surface area contributed by atoms with Gasteiger partial charge in [0.1, 0.15) is 5.75 Å². The number of amides is 1. The average molecular weight is 472 g/mol. The highest BCUT2D eigenvalue weighted by Gasteiger charge is 2.41. The standard InChI is InChI=1S/C24H29N3O5S/c1-4-31-23(29)21-15(2)26-24-27(22(21)16-7-5-8-18(11-16)30-3)17(14-33-24)12-20(28)25-13-19-9-6-10-32-19/h5,7-8,11,14,19,22H,4,6,9-10,12-13H2,1-3H3,(H,25,28)/t19-,22-/m1/s1. The summed E-state index contributed by atoms with van der Waals surface area (Å²) in [5.41, 5.74) is 2.71. The molecule has 8 nitrogen and oxygen atoms in total. The minimum atomic E-state index is -0.473. The Bertz CT molecular complexity index is 1010. The molecular weight excluding hydrogens is 442 g/mol. The van der Waals surface area contributed by atoms with E-state index in [1.54, 1.807) is 14.0 Å². The van der Waals surface area contributed by atoms with Gasteiger partial charge in [0.2, 0.25) is 5.91 Å². The quantitative estimate of drug-likeness (QED) is 0.580. The lowest BCUT2D eigenvalue weighted by molar-refractivity contribution is -0.139. The van der Waals surface area contributed by atoms with Crippen molar-refractivity contribution in [2.45, 2.75) is 45.3 Å². The van der Waals surface area contributed by atoms with E-state index < -0.39 is 12.0 Å². The van der Waals surface area contributed by atoms with Crippen LogP contribution >= 0.6 is 11.8 Å². The van der Waals surface area contributed by atoms with Gasteiger partial charge in [-0.2, -0.15) is 0 Å². The number of carbonyl (C=O) groups excluding carboxylic acids is 2. The molecule has 3 aliphatic rings. The molecule has 0 aliphatic carbocycles. The summed E-state index contributed by atoms with van der Waals surface area (Å²) in [6.07, 6.45) is 2.25. The van der Waals surface area contributed by atoms with Crippen molar-refractivity contribution in [3.63, 3.8) is 0 Å². The van der Waals surface area contributed by atoms with E-state index in [-0.39, 0.29) is 25.0 Å². The van der Waals surface area contributed by atoms with E-state index in [9.17, 15) is 9.59 Å². The first-order chi connectivity index (χ1) is 16.0. The van der Waals surface area contributed by atoms with Crippen molar-refractivity contribution >= 4 is 28.8 Å². The average Bonchev–Trinajstić information content (AvgIpc) is 3.47. The monoisotopic (exact) mass is 471 g/mol. The van der Waals surface area contributed by atoms with Crippen LogP contribution in [-0.4, -0.2) is 54.9 Å². The molecule has 4 rings (SSSR count). The summed E-state index contributed by atoms with van der Waals surface area (Å²) in [7, 11) is 1.61. The molecular formula is C24H29N3O5S. The van der Waals surface area contributed by atoms with Gasteiger partial charge in [-0.3, -0.25) is 4.79 Å². The molecule has 9 heteroatoms. The summed E-state index contributed by atoms with van der Waals surface area (Å²) < 4.78 is 16.4. The highest BCUT2D eigenvalue weighted by molar-refractivity contribution is 8.16. The number of thioether (sulfide) groups is 1. The number of benzene rings is 1. The summed E-state index contributed by atoms with van der Waals surface area (Å²) in [4.78, 5) is 32.4. The van der Waals surface area contributed by atoms with Gasteiger partial charge in [-0.25, -0.2) is 9.79 Å². The zero-order valence-corrected chi connectivity index (χ0v) is 19.9. The predicted octanol–water partition coefficient (Wildman–Crippen LogP) is 3.52. The van der Waals surface area contributed by atoms with E-state index >= 15 is 0 Å². The van der Waals surface area contributed by atoms with Crippen LogP contribution in [-0.2, 0) is 19.1 Å². The third-order valence-electron chi connectivity index (χ3n) is 5.80. The van der Waals surface area contributed by atoms with Crippen molar-refractivity contribution in [1.82, 2.24) is 10.2 Å². The van der Waals surface area contributed by atoms with Crippen molar-refractivity contribution in [2.75, 3.05) is 26.9 Å². The normalized spacial score (nSPS) is 22.0. The summed E-state index contributed by atoms with van der Waals surface area (Å²) in [6.45, 7) is 5.12. The molecule has 0 aromatic heterocycles. The molecule has 1 saturated heterocycles. The number of aliphatic imine (C=N–C) groups is 1. The number of fused-ring (bicyclic) bond motifs is 1. The maximum atomic E-state index is 13.0. The number of ether oxygens (including phenoxy) is 3. The molecule has 0 spiro atoms. The SMILES string of the molecule is CCOC(=O)C1=C(C)N=C2SC=C(CC(=O)NC[C@H]3CCCO3)N2[C@@H]1c1cccc(OC)c1. The number of hydrogen-bond acceptors (Lipinski definition) is 8. The second-order valence-corrected chi connectivity index (χ2v) is 8.84. The molecule has 0 radical (unpaired) electrons. The van der Waals surface area contributed by atoms with Crippen LogP contribution in [0, 0.1) is 0 Å². The zero-order chi connectivity index (χ0) is 23.4. The van der Waals surface area contributed by atoms with Gasteiger partial charge >= 0.3 is 5.97 Å². The molecule has 0 bridgehead atoms. The Kier molecular flexibility index (Phi) is 7.39. The Hall–Kier alpha value is -2.78. The number of rotatable bonds is 8. The Morgan fingerprint density at radius 1 is 1.36 bits per heavy atom. The number of hydrogen-bond donors (Lipinski definition) is 1. The van der Waals surface area contributed by atoms with Crippen LogP contribution in [0.3, 0.4) is 0 Å². The number of allylic oxidation sites excluding steroid dienone is 1. The fourth-order valence-corrected chi connectivity index (χ4v) is 5.19. The van der Waals surface area contributed by atoms with Gasteiger partial charge in [0.25, 0.3) is 0 Å². The van der Waals surface area contributed by atoms with E-state index in [0.717, 1.165) is 35.9 Å². The van der Waals surface area contributed by atoms with Crippen LogP contribution in [0.25, 0.3) is 0 Å². The molecule has 1 amide bonds. The maximum Gasteiger partial charge on any atom is 0.338 e. The van der Waals surface area contributed by atoms with Crippen LogP contribution in [0.2, 0.25) is 0 Å². The van der Waals surface area contributed by atoms with E-state index in [1.807, 2.05) is 41.5 Å². The molecule has 1 aromatic carbocycles. The number of carbonyl (C=O) groups is 2. The molecule has 33 heavy (non-hydrogen) atoms. The first-order valence-electron chi connectivity index (χ1n) is 11.2. The van der Waals surface area contributed by atoms with Gasteiger partial charge in [0.05, 0.1) is 43.6 Å². The predicted molar refractivity (Wildman–Crippen MR) is 127 cm³/mol. The second kappa shape index (κ2) is 10.4. The van der Waals surface area contributed by atoms with Crippen LogP contribution < -0.4 is 10.1 Å². The maximum absolute atomic E-state index is 13.0. The van der Waals surface area contributed by atoms with E-state index in [4.69, 9.17) is 14.2 Å². The number of nitrogens with one attached hydrogen (secondary N) is 1. The van der Waals surface area contributed by atoms with Gasteiger partial charge in [-0.1, -0.05) is 23.9 Å². The molecule has 176 valence electrons. The first-order valence-corrected chi connectivity index (χ1v) is 12.0. The van der Waals surface area contributed by atoms with Crippen molar-refractivity contribution in [1.29, 1.82) is 0 Å². The lowest BCUT2D eigenvalue weighted by Gasteiger charge is -2.36. The first kappa shape index (κ1) is 23.4. The second-order valence-electron chi connectivity index (χ2n) is 8.01. The number of methoxy groups -OCH3 is 1. The Labute approximate surface area is 198 Å². The van der Waals surface area contributed by atoms with Crippen molar-refractivity contribution in [3.8, 4) is 5.75 Å². The van der Waals surface area contributed by atoms with Crippen molar-refractivity contribution < 1.29 is 23.8 Å². The third kappa shape index (κ3) is 5.09. The highest BCUT2D eigenvalue weighted by Crippen LogP contribution is 2.45. The summed E-state index contributed by atoms with van der Waals surface area (Å²) in [5.74, 6) is 0.181. The number of nitrogens with zero attached hydrogens (tertiary/aromatic N) is 2. The van der Waals surface area contributed by atoms with E-state index in [2.05, 4.69) is 10.3 Å². The molecule has 0 saturated carbocycles. The van der Waals surface area contributed by atoms with Crippen LogP contribution in [0.4, 0.5) is 0 Å². The fourth-order valence-electron chi connectivity index (χ4n) is 4.23. The van der Waals surface area contributed by atoms with Crippen LogP contribution in [0.5, 0.6) is 5.75 Å². The smallest absolute Gasteiger partial charge is 0.338 e. The van der Waals surface area contributed by atoms with Gasteiger partial charge in [0.15, 0.2) is 5.17 Å². The minimum absolute atomic E-state index is 0.0820. The van der Waals surface area contributed by atoms with Crippen LogP contribution in [0.1, 0.15) is 44.7 Å². The van der Waals surface area contributed by atoms with Gasteiger partial charge in [-0.05, 0) is 49.8 Å². The summed E-state index contributed by atoms with van der Waals surface area (Å²) in [5, 5.41) is 5.64. The van der Waals surface area contributed by atoms with Gasteiger partial charge < -0.3 is 24.4 Å². The van der Waals surface area contributed by atoms with Crippen molar-refractivity contribution in [2.24, 2.45) is 4.99 Å². The van der Waals surface area contributed by atoms with E-state index in [1.165, 1.54) is 11.8 Å². The Balaban J connectivity index is 1.62.